The van der Waals surface area contributed by atoms with Crippen molar-refractivity contribution in [1.29, 1.82) is 0 Å². The number of aromatic amines is 1. The molecule has 94 valence electrons. The smallest absolute Gasteiger partial charge is 0.397 e. The van der Waals surface area contributed by atoms with E-state index in [-0.39, 0.29) is 0 Å². The van der Waals surface area contributed by atoms with Gasteiger partial charge in [-0.05, 0) is 4.92 Å². The zero-order valence-electron chi connectivity index (χ0n) is 7.95. The number of aliphatic hydroxyl groups excluding tert-OH is 1. The van der Waals surface area contributed by atoms with Crippen LogP contribution in [0.1, 0.15) is 5.56 Å². The van der Waals surface area contributed by atoms with Crippen molar-refractivity contribution < 1.29 is 27.9 Å². The highest BCUT2D eigenvalue weighted by molar-refractivity contribution is 5.41. The molecule has 0 saturated carbocycles. The highest BCUT2D eigenvalue weighted by Gasteiger charge is 2.35. The van der Waals surface area contributed by atoms with E-state index in [1.165, 1.54) is 0 Å². The van der Waals surface area contributed by atoms with Crippen molar-refractivity contribution in [2.45, 2.75) is 13.0 Å². The number of nitro groups is 1. The molecule has 1 heterocycles. The number of rotatable bonds is 3. The summed E-state index contributed by atoms with van der Waals surface area (Å²) < 4.78 is 39.1. The van der Waals surface area contributed by atoms with E-state index in [9.17, 15) is 28.1 Å². The summed E-state index contributed by atoms with van der Waals surface area (Å²) in [5, 5.41) is 19.0. The average Bonchev–Trinajstić information content (AvgIpc) is 2.17. The van der Waals surface area contributed by atoms with Crippen molar-refractivity contribution >= 4 is 5.82 Å². The fraction of sp³-hybridized carbons (Fsp3) is 0.286. The number of aliphatic hydroxyl groups is 1. The number of pyridine rings is 1. The first-order chi connectivity index (χ1) is 7.74. The number of aromatic nitrogens is 1. The topological polar surface area (TPSA) is 105 Å². The zero-order valence-corrected chi connectivity index (χ0v) is 7.95. The van der Waals surface area contributed by atoms with Crippen LogP contribution in [0.4, 0.5) is 19.0 Å². The molecular weight excluding hydrogens is 249 g/mol. The number of hydrogen-bond donors (Lipinski definition) is 2. The van der Waals surface area contributed by atoms with Crippen molar-refractivity contribution in [2.24, 2.45) is 0 Å². The highest BCUT2D eigenvalue weighted by Crippen LogP contribution is 2.29. The first-order valence-electron chi connectivity index (χ1n) is 4.02. The second-order valence-electron chi connectivity index (χ2n) is 2.80. The minimum atomic E-state index is -5.14. The lowest BCUT2D eigenvalue weighted by Crippen LogP contribution is -2.21. The van der Waals surface area contributed by atoms with Gasteiger partial charge in [0, 0.05) is 6.07 Å². The third-order valence-corrected chi connectivity index (χ3v) is 1.64. The molecule has 0 spiro atoms. The number of ether oxygens (including phenoxy) is 1. The second-order valence-corrected chi connectivity index (χ2v) is 2.80. The van der Waals surface area contributed by atoms with Gasteiger partial charge >= 0.3 is 17.7 Å². The third-order valence-electron chi connectivity index (χ3n) is 1.64. The number of nitrogens with one attached hydrogen (secondary N) is 1. The Labute approximate surface area is 90.6 Å². The maximum atomic E-state index is 11.9. The molecule has 1 aromatic heterocycles. The Kier molecular flexibility index (Phi) is 3.36. The molecule has 1 rings (SSSR count). The van der Waals surface area contributed by atoms with Gasteiger partial charge in [0.25, 0.3) is 0 Å². The van der Waals surface area contributed by atoms with Crippen LogP contribution in [0.25, 0.3) is 0 Å². The summed E-state index contributed by atoms with van der Waals surface area (Å²) >= 11 is 0. The molecule has 0 bridgehead atoms. The van der Waals surface area contributed by atoms with Crippen LogP contribution in [0.5, 0.6) is 5.75 Å². The van der Waals surface area contributed by atoms with Gasteiger partial charge in [-0.2, -0.15) is 4.98 Å². The summed E-state index contributed by atoms with van der Waals surface area (Å²) in [5.41, 5.74) is -1.54. The number of hydrogen-bond acceptors (Lipinski definition) is 5. The van der Waals surface area contributed by atoms with Gasteiger partial charge in [0.1, 0.15) is 0 Å². The van der Waals surface area contributed by atoms with Crippen LogP contribution in [0, 0.1) is 10.1 Å². The van der Waals surface area contributed by atoms with Crippen molar-refractivity contribution in [1.82, 2.24) is 4.98 Å². The number of alkyl halides is 3. The molecular formula is C7H5F3N2O5. The first-order valence-corrected chi connectivity index (χ1v) is 4.02. The standard InChI is InChI=1S/C7H5F3N2O5/c8-7(9,10)17-4-1-3(2-13)6(14)11-5(4)12(15)16/h1,13H,2H2,(H,11,14). The minimum absolute atomic E-state index is 0.463. The van der Waals surface area contributed by atoms with E-state index in [0.717, 1.165) is 0 Å². The molecule has 10 heteroatoms. The summed E-state index contributed by atoms with van der Waals surface area (Å²) in [4.78, 5) is 21.8. The summed E-state index contributed by atoms with van der Waals surface area (Å²) in [6, 6.07) is 0.463. The molecule has 0 amide bonds. The Bertz CT molecular complexity index is 495. The van der Waals surface area contributed by atoms with E-state index in [2.05, 4.69) is 4.74 Å². The van der Waals surface area contributed by atoms with Gasteiger partial charge in [-0.25, -0.2) is 4.79 Å². The van der Waals surface area contributed by atoms with Crippen LogP contribution in [-0.4, -0.2) is 21.4 Å². The van der Waals surface area contributed by atoms with E-state index in [1.54, 1.807) is 4.98 Å². The quantitative estimate of drug-likeness (QED) is 0.609. The van der Waals surface area contributed by atoms with Gasteiger partial charge in [-0.3, -0.25) is 0 Å². The lowest BCUT2D eigenvalue weighted by Gasteiger charge is -2.09. The number of nitrogens with zero attached hydrogens (tertiary/aromatic N) is 1. The molecule has 0 saturated heterocycles. The lowest BCUT2D eigenvalue weighted by molar-refractivity contribution is -0.393. The molecule has 0 aliphatic rings. The molecule has 2 N–H and O–H groups in total. The molecule has 0 atom stereocenters. The Morgan fingerprint density at radius 3 is 2.53 bits per heavy atom. The van der Waals surface area contributed by atoms with Crippen LogP contribution < -0.4 is 10.3 Å². The highest BCUT2D eigenvalue weighted by atomic mass is 19.4. The molecule has 0 aliphatic carbocycles. The Hall–Kier alpha value is -2.10. The Morgan fingerprint density at radius 2 is 2.12 bits per heavy atom. The number of H-pyrrole nitrogens is 1. The summed E-state index contributed by atoms with van der Waals surface area (Å²) in [6.07, 6.45) is -5.14. The Morgan fingerprint density at radius 1 is 1.53 bits per heavy atom. The van der Waals surface area contributed by atoms with Crippen LogP contribution in [0.2, 0.25) is 0 Å². The van der Waals surface area contributed by atoms with E-state index in [4.69, 9.17) is 5.11 Å². The largest absolute Gasteiger partial charge is 0.573 e. The lowest BCUT2D eigenvalue weighted by atomic mass is 10.3. The molecule has 0 aromatic carbocycles. The molecule has 0 fully saturated rings. The first kappa shape index (κ1) is 13.0. The third kappa shape index (κ3) is 3.17. The van der Waals surface area contributed by atoms with E-state index >= 15 is 0 Å². The summed E-state index contributed by atoms with van der Waals surface area (Å²) in [5.74, 6) is -2.42. The zero-order chi connectivity index (χ0) is 13.2. The molecule has 0 unspecified atom stereocenters. The predicted molar refractivity (Wildman–Crippen MR) is 46.3 cm³/mol. The van der Waals surface area contributed by atoms with Crippen LogP contribution >= 0.6 is 0 Å². The van der Waals surface area contributed by atoms with Gasteiger partial charge in [-0.1, -0.05) is 0 Å². The summed E-state index contributed by atoms with van der Waals surface area (Å²) in [6.45, 7) is -0.873. The summed E-state index contributed by atoms with van der Waals surface area (Å²) in [7, 11) is 0. The van der Waals surface area contributed by atoms with Gasteiger partial charge < -0.3 is 20.0 Å². The van der Waals surface area contributed by atoms with Crippen molar-refractivity contribution in [3.8, 4) is 5.75 Å². The van der Waals surface area contributed by atoms with Crippen molar-refractivity contribution in [3.05, 3.63) is 32.1 Å². The molecule has 1 aromatic rings. The van der Waals surface area contributed by atoms with E-state index in [0.29, 0.717) is 6.07 Å². The normalized spacial score (nSPS) is 11.3. The predicted octanol–water partition coefficient (Wildman–Crippen LogP) is 0.674. The second kappa shape index (κ2) is 4.41. The van der Waals surface area contributed by atoms with Gasteiger partial charge in [0.05, 0.1) is 12.2 Å². The van der Waals surface area contributed by atoms with Gasteiger partial charge in [0.2, 0.25) is 5.75 Å². The minimum Gasteiger partial charge on any atom is -0.397 e. The monoisotopic (exact) mass is 254 g/mol. The molecule has 0 aliphatic heterocycles. The van der Waals surface area contributed by atoms with Crippen LogP contribution in [-0.2, 0) is 6.61 Å². The van der Waals surface area contributed by atoms with Crippen LogP contribution in [0.3, 0.4) is 0 Å². The van der Waals surface area contributed by atoms with E-state index < -0.39 is 40.6 Å². The Balaban J connectivity index is 3.34. The van der Waals surface area contributed by atoms with Gasteiger partial charge in [0.15, 0.2) is 0 Å². The fourth-order valence-corrected chi connectivity index (χ4v) is 0.997. The average molecular weight is 254 g/mol. The number of halogens is 3. The maximum absolute atomic E-state index is 11.9. The fourth-order valence-electron chi connectivity index (χ4n) is 0.997. The maximum Gasteiger partial charge on any atom is 0.573 e. The SMILES string of the molecule is O=c1[nH]c([N+](=O)[O-])c(OC(F)(F)F)cc1CO. The molecule has 0 radical (unpaired) electrons. The van der Waals surface area contributed by atoms with Gasteiger partial charge in [-0.15, -0.1) is 13.2 Å². The van der Waals surface area contributed by atoms with E-state index in [1.807, 2.05) is 0 Å². The molecule has 7 nitrogen and oxygen atoms in total. The van der Waals surface area contributed by atoms with Crippen LogP contribution in [0.15, 0.2) is 10.9 Å². The van der Waals surface area contributed by atoms with Crippen molar-refractivity contribution in [3.63, 3.8) is 0 Å². The van der Waals surface area contributed by atoms with Crippen molar-refractivity contribution in [2.75, 3.05) is 0 Å². The molecule has 17 heavy (non-hydrogen) atoms.